The highest BCUT2D eigenvalue weighted by Crippen LogP contribution is 2.11. The van der Waals surface area contributed by atoms with E-state index < -0.39 is 0 Å². The van der Waals surface area contributed by atoms with Gasteiger partial charge in [-0.3, -0.25) is 0 Å². The van der Waals surface area contributed by atoms with Crippen molar-refractivity contribution >= 4 is 0 Å². The van der Waals surface area contributed by atoms with Crippen LogP contribution in [0.15, 0.2) is 47.1 Å². The van der Waals surface area contributed by atoms with Gasteiger partial charge in [-0.05, 0) is 43.2 Å². The monoisotopic (exact) mass is 245 g/mol. The molecule has 3 nitrogen and oxygen atoms in total. The van der Waals surface area contributed by atoms with Crippen LogP contribution < -0.4 is 5.32 Å². The van der Waals surface area contributed by atoms with Gasteiger partial charge in [0.05, 0.1) is 6.26 Å². The molecule has 0 saturated heterocycles. The van der Waals surface area contributed by atoms with Gasteiger partial charge in [-0.2, -0.15) is 0 Å². The fourth-order valence-corrected chi connectivity index (χ4v) is 1.87. The summed E-state index contributed by atoms with van der Waals surface area (Å²) in [7, 11) is 0. The molecule has 3 heteroatoms. The second-order valence-electron chi connectivity index (χ2n) is 4.57. The van der Waals surface area contributed by atoms with Crippen molar-refractivity contribution in [3.63, 3.8) is 0 Å². The number of nitrogens with one attached hydrogen (secondary N) is 1. The van der Waals surface area contributed by atoms with Crippen LogP contribution in [-0.4, -0.2) is 11.1 Å². The van der Waals surface area contributed by atoms with Crippen LogP contribution in [0.5, 0.6) is 5.75 Å². The van der Waals surface area contributed by atoms with E-state index in [1.54, 1.807) is 18.4 Å². The molecule has 1 aromatic heterocycles. The predicted octanol–water partition coefficient (Wildman–Crippen LogP) is 3.10. The number of furan rings is 1. The fourth-order valence-electron chi connectivity index (χ4n) is 1.87. The molecule has 1 aromatic carbocycles. The summed E-state index contributed by atoms with van der Waals surface area (Å²) in [5.41, 5.74) is 1.10. The third-order valence-corrected chi connectivity index (χ3v) is 2.97. The number of benzene rings is 1. The summed E-state index contributed by atoms with van der Waals surface area (Å²) in [5, 5.41) is 12.8. The quantitative estimate of drug-likeness (QED) is 0.822. The van der Waals surface area contributed by atoms with Crippen LogP contribution in [-0.2, 0) is 13.0 Å². The van der Waals surface area contributed by atoms with Crippen LogP contribution in [0.3, 0.4) is 0 Å². The summed E-state index contributed by atoms with van der Waals surface area (Å²) in [6.07, 6.45) is 3.69. The van der Waals surface area contributed by atoms with E-state index in [4.69, 9.17) is 4.42 Å². The lowest BCUT2D eigenvalue weighted by Crippen LogP contribution is -2.25. The average Bonchev–Trinajstić information content (AvgIpc) is 2.87. The summed E-state index contributed by atoms with van der Waals surface area (Å²) >= 11 is 0. The molecule has 96 valence electrons. The third-order valence-electron chi connectivity index (χ3n) is 2.97. The van der Waals surface area contributed by atoms with Gasteiger partial charge in [-0.15, -0.1) is 0 Å². The number of aromatic hydroxyl groups is 1. The summed E-state index contributed by atoms with van der Waals surface area (Å²) < 4.78 is 5.30. The molecule has 2 aromatic rings. The van der Waals surface area contributed by atoms with Crippen molar-refractivity contribution in [3.05, 3.63) is 54.0 Å². The molecular formula is C15H19NO2. The van der Waals surface area contributed by atoms with Crippen LogP contribution in [0.25, 0.3) is 0 Å². The molecule has 18 heavy (non-hydrogen) atoms. The largest absolute Gasteiger partial charge is 0.508 e. The highest BCUT2D eigenvalue weighted by Gasteiger charge is 2.04. The molecule has 0 radical (unpaired) electrons. The van der Waals surface area contributed by atoms with E-state index in [2.05, 4.69) is 12.2 Å². The zero-order chi connectivity index (χ0) is 12.8. The van der Waals surface area contributed by atoms with E-state index in [0.29, 0.717) is 11.8 Å². The lowest BCUT2D eigenvalue weighted by atomic mass is 10.1. The molecule has 0 aliphatic carbocycles. The topological polar surface area (TPSA) is 45.4 Å². The van der Waals surface area contributed by atoms with Gasteiger partial charge in [-0.25, -0.2) is 0 Å². The van der Waals surface area contributed by atoms with Crippen molar-refractivity contribution in [2.24, 2.45) is 0 Å². The number of phenolic OH excluding ortho intramolecular Hbond substituents is 1. The summed E-state index contributed by atoms with van der Waals surface area (Å²) in [4.78, 5) is 0. The lowest BCUT2D eigenvalue weighted by molar-refractivity contribution is 0.457. The molecule has 1 heterocycles. The Kier molecular flexibility index (Phi) is 4.42. The molecule has 0 saturated carbocycles. The summed E-state index contributed by atoms with van der Waals surface area (Å²) in [6.45, 7) is 2.93. The number of rotatable bonds is 6. The standard InChI is InChI=1S/C15H19NO2/c1-12(7-8-15-6-3-9-18-15)16-11-13-4-2-5-14(17)10-13/h2-6,9-10,12,16-17H,7-8,11H2,1H3. The Hall–Kier alpha value is -1.74. The molecule has 2 rings (SSSR count). The van der Waals surface area contributed by atoms with E-state index in [9.17, 15) is 5.11 Å². The fraction of sp³-hybridized carbons (Fsp3) is 0.333. The highest BCUT2D eigenvalue weighted by molar-refractivity contribution is 5.26. The molecule has 1 unspecified atom stereocenters. The zero-order valence-corrected chi connectivity index (χ0v) is 10.6. The van der Waals surface area contributed by atoms with Gasteiger partial charge in [0.1, 0.15) is 11.5 Å². The van der Waals surface area contributed by atoms with Crippen LogP contribution in [0.4, 0.5) is 0 Å². The van der Waals surface area contributed by atoms with Crippen molar-refractivity contribution in [2.75, 3.05) is 0 Å². The number of phenols is 1. The average molecular weight is 245 g/mol. The van der Waals surface area contributed by atoms with Gasteiger partial charge in [0.25, 0.3) is 0 Å². The minimum Gasteiger partial charge on any atom is -0.508 e. The maximum Gasteiger partial charge on any atom is 0.115 e. The van der Waals surface area contributed by atoms with Crippen LogP contribution in [0.1, 0.15) is 24.7 Å². The second-order valence-corrected chi connectivity index (χ2v) is 4.57. The predicted molar refractivity (Wildman–Crippen MR) is 71.4 cm³/mol. The number of hydrogen-bond acceptors (Lipinski definition) is 3. The molecular weight excluding hydrogens is 226 g/mol. The van der Waals surface area contributed by atoms with E-state index >= 15 is 0 Å². The van der Waals surface area contributed by atoms with Crippen molar-refractivity contribution in [1.29, 1.82) is 0 Å². The van der Waals surface area contributed by atoms with E-state index in [-0.39, 0.29) is 0 Å². The Morgan fingerprint density at radius 3 is 2.89 bits per heavy atom. The van der Waals surface area contributed by atoms with Crippen molar-refractivity contribution in [1.82, 2.24) is 5.32 Å². The number of hydrogen-bond donors (Lipinski definition) is 2. The van der Waals surface area contributed by atoms with Crippen molar-refractivity contribution < 1.29 is 9.52 Å². The van der Waals surface area contributed by atoms with Gasteiger partial charge in [0, 0.05) is 19.0 Å². The zero-order valence-electron chi connectivity index (χ0n) is 10.6. The first-order valence-corrected chi connectivity index (χ1v) is 6.28. The maximum absolute atomic E-state index is 9.37. The van der Waals surface area contributed by atoms with Gasteiger partial charge >= 0.3 is 0 Å². The molecule has 0 amide bonds. The van der Waals surface area contributed by atoms with E-state index in [1.165, 1.54) is 0 Å². The van der Waals surface area contributed by atoms with E-state index in [1.807, 2.05) is 24.3 Å². The molecule has 1 atom stereocenters. The first-order valence-electron chi connectivity index (χ1n) is 6.28. The Balaban J connectivity index is 1.73. The van der Waals surface area contributed by atoms with Gasteiger partial charge in [0.15, 0.2) is 0 Å². The normalized spacial score (nSPS) is 12.5. The van der Waals surface area contributed by atoms with Gasteiger partial charge < -0.3 is 14.8 Å². The molecule has 2 N–H and O–H groups in total. The molecule has 0 aliphatic rings. The Morgan fingerprint density at radius 2 is 2.17 bits per heavy atom. The van der Waals surface area contributed by atoms with E-state index in [0.717, 1.165) is 30.7 Å². The lowest BCUT2D eigenvalue weighted by Gasteiger charge is -2.13. The van der Waals surface area contributed by atoms with Crippen molar-refractivity contribution in [3.8, 4) is 5.75 Å². The highest BCUT2D eigenvalue weighted by atomic mass is 16.3. The first-order chi connectivity index (χ1) is 8.74. The van der Waals surface area contributed by atoms with Gasteiger partial charge in [0.2, 0.25) is 0 Å². The summed E-state index contributed by atoms with van der Waals surface area (Å²) in [5.74, 6) is 1.35. The maximum atomic E-state index is 9.37. The molecule has 0 aliphatic heterocycles. The van der Waals surface area contributed by atoms with Gasteiger partial charge in [-0.1, -0.05) is 12.1 Å². The minimum atomic E-state index is 0.317. The smallest absolute Gasteiger partial charge is 0.115 e. The number of aryl methyl sites for hydroxylation is 1. The molecule has 0 spiro atoms. The Bertz CT molecular complexity index is 465. The van der Waals surface area contributed by atoms with Crippen LogP contribution >= 0.6 is 0 Å². The Morgan fingerprint density at radius 1 is 1.28 bits per heavy atom. The third kappa shape index (κ3) is 3.93. The Labute approximate surface area is 107 Å². The SMILES string of the molecule is CC(CCc1ccco1)NCc1cccc(O)c1. The second kappa shape index (κ2) is 6.26. The minimum absolute atomic E-state index is 0.317. The molecule has 0 bridgehead atoms. The summed E-state index contributed by atoms with van der Waals surface area (Å²) in [6, 6.07) is 11.7. The first kappa shape index (κ1) is 12.7. The van der Waals surface area contributed by atoms with Crippen molar-refractivity contribution in [2.45, 2.75) is 32.4 Å². The van der Waals surface area contributed by atoms with Crippen LogP contribution in [0, 0.1) is 0 Å². The molecule has 0 fully saturated rings. The van der Waals surface area contributed by atoms with Crippen LogP contribution in [0.2, 0.25) is 0 Å².